The topological polar surface area (TPSA) is 92.7 Å². The predicted octanol–water partition coefficient (Wildman–Crippen LogP) is 3.19. The zero-order valence-corrected chi connectivity index (χ0v) is 16.5. The summed E-state index contributed by atoms with van der Waals surface area (Å²) in [5.41, 5.74) is 2.55. The zero-order valence-electron chi connectivity index (χ0n) is 16.5. The molecule has 0 saturated heterocycles. The molecule has 7 heteroatoms. The second-order valence-electron chi connectivity index (χ2n) is 7.61. The Balaban J connectivity index is 1.49. The minimum Gasteiger partial charge on any atom is -0.349 e. The fourth-order valence-electron chi connectivity index (χ4n) is 4.14. The van der Waals surface area contributed by atoms with Gasteiger partial charge in [0.25, 0.3) is 11.1 Å². The Morgan fingerprint density at radius 3 is 2.83 bits per heavy atom. The van der Waals surface area contributed by atoms with E-state index in [-0.39, 0.29) is 17.2 Å². The van der Waals surface area contributed by atoms with E-state index < -0.39 is 6.04 Å². The Hall–Kier alpha value is -3.74. The Morgan fingerprint density at radius 2 is 1.93 bits per heavy atom. The lowest BCUT2D eigenvalue weighted by atomic mass is 10.1. The Morgan fingerprint density at radius 1 is 1.13 bits per heavy atom. The van der Waals surface area contributed by atoms with E-state index in [1.165, 1.54) is 21.9 Å². The number of aryl methyl sites for hydroxylation is 1. The molecule has 5 rings (SSSR count). The molecule has 2 heterocycles. The van der Waals surface area contributed by atoms with Gasteiger partial charge in [-0.05, 0) is 37.0 Å². The monoisotopic (exact) mass is 399 g/mol. The van der Waals surface area contributed by atoms with Gasteiger partial charge in [0.2, 0.25) is 5.95 Å². The molecule has 2 aromatic heterocycles. The Kier molecular flexibility index (Phi) is 4.43. The van der Waals surface area contributed by atoms with Gasteiger partial charge < -0.3 is 5.32 Å². The highest BCUT2D eigenvalue weighted by atomic mass is 16.1. The molecular formula is C23H21N5O2. The minimum atomic E-state index is -0.485. The first kappa shape index (κ1) is 18.3. The van der Waals surface area contributed by atoms with Crippen LogP contribution in [0.5, 0.6) is 0 Å². The standard InChI is InChI=1S/C23H21N5O2/c1-14(28-22(30)18-9-5-3-7-16(18)13-24-28)20-12-21(29)27-23(26-20)25-19-11-10-15-6-2-4-8-17(15)19/h2-9,12-14,19H,10-11H2,1H3,(H2,25,26,27,29)/t14-,19-/m1/s1. The van der Waals surface area contributed by atoms with Crippen LogP contribution in [0.3, 0.4) is 0 Å². The van der Waals surface area contributed by atoms with Crippen molar-refractivity contribution in [2.45, 2.75) is 31.8 Å². The molecule has 0 saturated carbocycles. The van der Waals surface area contributed by atoms with Crippen molar-refractivity contribution < 1.29 is 0 Å². The second-order valence-corrected chi connectivity index (χ2v) is 7.61. The van der Waals surface area contributed by atoms with Gasteiger partial charge >= 0.3 is 0 Å². The summed E-state index contributed by atoms with van der Waals surface area (Å²) in [6.45, 7) is 1.82. The molecule has 1 aliphatic rings. The van der Waals surface area contributed by atoms with Gasteiger partial charge in [-0.1, -0.05) is 42.5 Å². The highest BCUT2D eigenvalue weighted by Gasteiger charge is 2.23. The van der Waals surface area contributed by atoms with Crippen molar-refractivity contribution in [1.29, 1.82) is 0 Å². The van der Waals surface area contributed by atoms with E-state index in [0.717, 1.165) is 18.2 Å². The van der Waals surface area contributed by atoms with Crippen molar-refractivity contribution in [3.8, 4) is 0 Å². The van der Waals surface area contributed by atoms with Gasteiger partial charge in [0.1, 0.15) is 0 Å². The molecule has 4 aromatic rings. The van der Waals surface area contributed by atoms with Crippen LogP contribution in [-0.2, 0) is 6.42 Å². The van der Waals surface area contributed by atoms with E-state index >= 15 is 0 Å². The number of anilines is 1. The van der Waals surface area contributed by atoms with E-state index in [2.05, 4.69) is 32.5 Å². The van der Waals surface area contributed by atoms with Gasteiger partial charge in [0.15, 0.2) is 0 Å². The van der Waals surface area contributed by atoms with E-state index in [9.17, 15) is 9.59 Å². The number of nitrogens with one attached hydrogen (secondary N) is 2. The quantitative estimate of drug-likeness (QED) is 0.550. The molecule has 0 aliphatic heterocycles. The van der Waals surface area contributed by atoms with Crippen LogP contribution in [0.25, 0.3) is 10.8 Å². The van der Waals surface area contributed by atoms with Crippen LogP contribution in [0.4, 0.5) is 5.95 Å². The summed E-state index contributed by atoms with van der Waals surface area (Å²) in [6, 6.07) is 16.6. The summed E-state index contributed by atoms with van der Waals surface area (Å²) in [5.74, 6) is 0.403. The first-order valence-electron chi connectivity index (χ1n) is 10.0. The lowest BCUT2D eigenvalue weighted by molar-refractivity contribution is 0.524. The molecule has 0 fully saturated rings. The van der Waals surface area contributed by atoms with Gasteiger partial charge in [-0.25, -0.2) is 9.67 Å². The van der Waals surface area contributed by atoms with Crippen LogP contribution in [0.15, 0.2) is 70.4 Å². The molecule has 0 bridgehead atoms. The highest BCUT2D eigenvalue weighted by molar-refractivity contribution is 5.80. The third-order valence-electron chi connectivity index (χ3n) is 5.72. The van der Waals surface area contributed by atoms with E-state index in [1.54, 1.807) is 12.3 Å². The number of hydrogen-bond donors (Lipinski definition) is 2. The Bertz CT molecular complexity index is 1360. The molecular weight excluding hydrogens is 378 g/mol. The number of benzene rings is 2. The van der Waals surface area contributed by atoms with Crippen LogP contribution in [0.1, 0.15) is 42.2 Å². The van der Waals surface area contributed by atoms with Crippen molar-refractivity contribution in [2.75, 3.05) is 5.32 Å². The number of H-pyrrole nitrogens is 1. The van der Waals surface area contributed by atoms with Crippen molar-refractivity contribution in [1.82, 2.24) is 19.7 Å². The van der Waals surface area contributed by atoms with Gasteiger partial charge in [-0.15, -0.1) is 0 Å². The van der Waals surface area contributed by atoms with Crippen molar-refractivity contribution >= 4 is 16.7 Å². The van der Waals surface area contributed by atoms with Crippen LogP contribution < -0.4 is 16.4 Å². The minimum absolute atomic E-state index is 0.0939. The average molecular weight is 399 g/mol. The lowest BCUT2D eigenvalue weighted by Crippen LogP contribution is -2.28. The first-order chi connectivity index (χ1) is 14.6. The number of fused-ring (bicyclic) bond motifs is 2. The lowest BCUT2D eigenvalue weighted by Gasteiger charge is -2.17. The summed E-state index contributed by atoms with van der Waals surface area (Å²) in [5, 5.41) is 9.03. The zero-order chi connectivity index (χ0) is 20.7. The molecule has 0 spiro atoms. The molecule has 7 nitrogen and oxygen atoms in total. The normalized spacial score (nSPS) is 16.4. The molecule has 150 valence electrons. The smallest absolute Gasteiger partial charge is 0.275 e. The number of aromatic nitrogens is 4. The summed E-state index contributed by atoms with van der Waals surface area (Å²) >= 11 is 0. The SMILES string of the molecule is C[C@H](c1cc(=O)[nH]c(N[C@@H]2CCc3ccccc32)n1)n1ncc2ccccc2c1=O. The molecule has 30 heavy (non-hydrogen) atoms. The maximum Gasteiger partial charge on any atom is 0.275 e. The number of hydrogen-bond acceptors (Lipinski definition) is 5. The number of aromatic amines is 1. The summed E-state index contributed by atoms with van der Waals surface area (Å²) in [6.07, 6.45) is 3.59. The number of rotatable bonds is 4. The maximum atomic E-state index is 12.9. The van der Waals surface area contributed by atoms with Crippen molar-refractivity contribution in [3.05, 3.63) is 98.3 Å². The highest BCUT2D eigenvalue weighted by Crippen LogP contribution is 2.32. The van der Waals surface area contributed by atoms with E-state index in [0.29, 0.717) is 17.0 Å². The van der Waals surface area contributed by atoms with Gasteiger partial charge in [0.05, 0.1) is 29.4 Å². The van der Waals surface area contributed by atoms with E-state index in [4.69, 9.17) is 0 Å². The van der Waals surface area contributed by atoms with Gasteiger partial charge in [-0.2, -0.15) is 5.10 Å². The fraction of sp³-hybridized carbons (Fsp3) is 0.217. The maximum absolute atomic E-state index is 12.9. The predicted molar refractivity (Wildman–Crippen MR) is 116 cm³/mol. The third kappa shape index (κ3) is 3.18. The molecule has 0 unspecified atom stereocenters. The molecule has 1 aliphatic carbocycles. The van der Waals surface area contributed by atoms with Crippen molar-refractivity contribution in [3.63, 3.8) is 0 Å². The average Bonchev–Trinajstić information content (AvgIpc) is 3.16. The Labute approximate surface area is 172 Å². The summed E-state index contributed by atoms with van der Waals surface area (Å²) in [7, 11) is 0. The van der Waals surface area contributed by atoms with Gasteiger partial charge in [-0.3, -0.25) is 14.6 Å². The van der Waals surface area contributed by atoms with Crippen LogP contribution in [0, 0.1) is 0 Å². The molecule has 2 aromatic carbocycles. The largest absolute Gasteiger partial charge is 0.349 e. The van der Waals surface area contributed by atoms with Crippen LogP contribution in [0.2, 0.25) is 0 Å². The van der Waals surface area contributed by atoms with Gasteiger partial charge in [0, 0.05) is 11.5 Å². The summed E-state index contributed by atoms with van der Waals surface area (Å²) < 4.78 is 1.37. The molecule has 0 radical (unpaired) electrons. The first-order valence-corrected chi connectivity index (χ1v) is 10.0. The summed E-state index contributed by atoms with van der Waals surface area (Å²) in [4.78, 5) is 32.6. The molecule has 2 N–H and O–H groups in total. The molecule has 2 atom stereocenters. The second kappa shape index (κ2) is 7.26. The third-order valence-corrected chi connectivity index (χ3v) is 5.72. The van der Waals surface area contributed by atoms with Crippen molar-refractivity contribution in [2.24, 2.45) is 0 Å². The fourth-order valence-corrected chi connectivity index (χ4v) is 4.14. The van der Waals surface area contributed by atoms with Crippen LogP contribution >= 0.6 is 0 Å². The van der Waals surface area contributed by atoms with Crippen LogP contribution in [-0.4, -0.2) is 19.7 Å². The van der Waals surface area contributed by atoms with E-state index in [1.807, 2.05) is 37.3 Å². The number of nitrogens with zero attached hydrogens (tertiary/aromatic N) is 3. The molecule has 0 amide bonds.